The molecule has 0 aliphatic rings. The highest BCUT2D eigenvalue weighted by Crippen LogP contribution is 2.21. The van der Waals surface area contributed by atoms with E-state index in [0.717, 1.165) is 22.8 Å². The molecule has 0 aliphatic carbocycles. The third-order valence-corrected chi connectivity index (χ3v) is 3.01. The zero-order chi connectivity index (χ0) is 11.5. The van der Waals surface area contributed by atoms with Gasteiger partial charge in [0.15, 0.2) is 5.78 Å². The van der Waals surface area contributed by atoms with Gasteiger partial charge in [-0.3, -0.25) is 9.78 Å². The van der Waals surface area contributed by atoms with Gasteiger partial charge in [0.25, 0.3) is 0 Å². The van der Waals surface area contributed by atoms with Crippen molar-refractivity contribution in [2.24, 2.45) is 5.92 Å². The molecule has 1 aromatic carbocycles. The number of nitrogens with zero attached hydrogens (tertiary/aromatic N) is 1. The molecule has 2 heteroatoms. The molecule has 2 aromatic rings. The van der Waals surface area contributed by atoms with Crippen LogP contribution in [0.3, 0.4) is 0 Å². The number of carbonyl (C=O) groups is 1. The van der Waals surface area contributed by atoms with E-state index >= 15 is 0 Å². The number of hydrogen-bond acceptors (Lipinski definition) is 2. The summed E-state index contributed by atoms with van der Waals surface area (Å²) in [5, 5.41) is 2.03. The van der Waals surface area contributed by atoms with Gasteiger partial charge >= 0.3 is 0 Å². The molecule has 1 unspecified atom stereocenters. The Bertz CT molecular complexity index is 514. The molecule has 0 radical (unpaired) electrons. The summed E-state index contributed by atoms with van der Waals surface area (Å²) in [6.07, 6.45) is 4.40. The lowest BCUT2D eigenvalue weighted by atomic mass is 9.94. The molecular formula is C14H15NO. The summed E-state index contributed by atoms with van der Waals surface area (Å²) in [5.41, 5.74) is 0.814. The van der Waals surface area contributed by atoms with Gasteiger partial charge in [-0.05, 0) is 17.9 Å². The van der Waals surface area contributed by atoms with Crippen molar-refractivity contribution in [3.8, 4) is 0 Å². The lowest BCUT2D eigenvalue weighted by Gasteiger charge is -2.09. The fourth-order valence-corrected chi connectivity index (χ4v) is 1.79. The molecule has 1 atom stereocenters. The van der Waals surface area contributed by atoms with Gasteiger partial charge in [0, 0.05) is 29.3 Å². The number of aromatic nitrogens is 1. The zero-order valence-electron chi connectivity index (χ0n) is 9.60. The van der Waals surface area contributed by atoms with Gasteiger partial charge in [0.1, 0.15) is 0 Å². The number of rotatable bonds is 3. The maximum Gasteiger partial charge on any atom is 0.166 e. The second-order valence-electron chi connectivity index (χ2n) is 4.08. The van der Waals surface area contributed by atoms with Crippen LogP contribution < -0.4 is 0 Å². The number of Topliss-reactive ketones (excluding diaryl/α,β-unsaturated/α-hetero) is 1. The van der Waals surface area contributed by atoms with E-state index in [1.807, 2.05) is 38.1 Å². The van der Waals surface area contributed by atoms with Crippen LogP contribution in [0.5, 0.6) is 0 Å². The minimum atomic E-state index is 0.0822. The van der Waals surface area contributed by atoms with Gasteiger partial charge in [0.05, 0.1) is 0 Å². The quantitative estimate of drug-likeness (QED) is 0.731. The molecule has 1 heterocycles. The molecule has 0 aliphatic heterocycles. The average molecular weight is 213 g/mol. The summed E-state index contributed by atoms with van der Waals surface area (Å²) in [5.74, 6) is 0.304. The number of pyridine rings is 1. The summed E-state index contributed by atoms with van der Waals surface area (Å²) in [6.45, 7) is 4.01. The van der Waals surface area contributed by atoms with Crippen LogP contribution in [0, 0.1) is 5.92 Å². The smallest absolute Gasteiger partial charge is 0.166 e. The van der Waals surface area contributed by atoms with Crippen molar-refractivity contribution in [2.45, 2.75) is 20.3 Å². The molecule has 2 rings (SSSR count). The van der Waals surface area contributed by atoms with E-state index in [9.17, 15) is 4.79 Å². The molecule has 0 N–H and O–H groups in total. The van der Waals surface area contributed by atoms with Gasteiger partial charge < -0.3 is 0 Å². The van der Waals surface area contributed by atoms with Crippen molar-refractivity contribution in [1.82, 2.24) is 4.98 Å². The van der Waals surface area contributed by atoms with E-state index in [-0.39, 0.29) is 11.7 Å². The minimum absolute atomic E-state index is 0.0822. The standard InChI is InChI=1S/C14H15NO/c1-3-10(2)14(16)13-6-4-5-11-9-15-8-7-12(11)13/h4-10H,3H2,1-2H3. The van der Waals surface area contributed by atoms with Gasteiger partial charge in [0.2, 0.25) is 0 Å². The Morgan fingerprint density at radius 2 is 2.19 bits per heavy atom. The highest BCUT2D eigenvalue weighted by molar-refractivity contribution is 6.08. The molecule has 82 valence electrons. The Kier molecular flexibility index (Phi) is 3.00. The van der Waals surface area contributed by atoms with Crippen LogP contribution in [0.15, 0.2) is 36.7 Å². The second kappa shape index (κ2) is 4.44. The van der Waals surface area contributed by atoms with Crippen molar-refractivity contribution >= 4 is 16.6 Å². The molecule has 1 aromatic heterocycles. The lowest BCUT2D eigenvalue weighted by molar-refractivity contribution is 0.0929. The van der Waals surface area contributed by atoms with E-state index in [4.69, 9.17) is 0 Å². The molecule has 2 nitrogen and oxygen atoms in total. The Morgan fingerprint density at radius 3 is 2.94 bits per heavy atom. The molecule has 0 saturated heterocycles. The fraction of sp³-hybridized carbons (Fsp3) is 0.286. The van der Waals surface area contributed by atoms with E-state index in [0.29, 0.717) is 0 Å². The Hall–Kier alpha value is -1.70. The molecule has 0 bridgehead atoms. The average Bonchev–Trinajstić information content (AvgIpc) is 2.36. The maximum absolute atomic E-state index is 12.2. The Balaban J connectivity index is 2.56. The molecule has 0 fully saturated rings. The molecule has 16 heavy (non-hydrogen) atoms. The van der Waals surface area contributed by atoms with Crippen molar-refractivity contribution in [3.63, 3.8) is 0 Å². The summed E-state index contributed by atoms with van der Waals surface area (Å²) in [6, 6.07) is 7.71. The number of benzene rings is 1. The van der Waals surface area contributed by atoms with E-state index in [2.05, 4.69) is 4.98 Å². The molecule has 0 amide bonds. The van der Waals surface area contributed by atoms with Crippen LogP contribution in [0.2, 0.25) is 0 Å². The van der Waals surface area contributed by atoms with Crippen LogP contribution in [0.1, 0.15) is 30.6 Å². The van der Waals surface area contributed by atoms with E-state index < -0.39 is 0 Å². The summed E-state index contributed by atoms with van der Waals surface area (Å²) in [7, 11) is 0. The first kappa shape index (κ1) is 10.8. The highest BCUT2D eigenvalue weighted by Gasteiger charge is 2.15. The minimum Gasteiger partial charge on any atom is -0.294 e. The Morgan fingerprint density at radius 1 is 1.38 bits per heavy atom. The normalized spacial score (nSPS) is 12.6. The summed E-state index contributed by atoms with van der Waals surface area (Å²) >= 11 is 0. The van der Waals surface area contributed by atoms with Crippen molar-refractivity contribution in [1.29, 1.82) is 0 Å². The molecule has 0 spiro atoms. The monoisotopic (exact) mass is 213 g/mol. The SMILES string of the molecule is CCC(C)C(=O)c1cccc2cnccc12. The second-order valence-corrected chi connectivity index (χ2v) is 4.08. The predicted octanol–water partition coefficient (Wildman–Crippen LogP) is 3.46. The first-order valence-electron chi connectivity index (χ1n) is 5.61. The van der Waals surface area contributed by atoms with Gasteiger partial charge in [-0.25, -0.2) is 0 Å². The van der Waals surface area contributed by atoms with Gasteiger partial charge in [-0.15, -0.1) is 0 Å². The van der Waals surface area contributed by atoms with Crippen LogP contribution >= 0.6 is 0 Å². The molecule has 0 saturated carbocycles. The Labute approximate surface area is 95.3 Å². The van der Waals surface area contributed by atoms with E-state index in [1.54, 1.807) is 12.4 Å². The number of hydrogen-bond donors (Lipinski definition) is 0. The number of fused-ring (bicyclic) bond motifs is 1. The molecular weight excluding hydrogens is 198 g/mol. The highest BCUT2D eigenvalue weighted by atomic mass is 16.1. The number of carbonyl (C=O) groups excluding carboxylic acids is 1. The summed E-state index contributed by atoms with van der Waals surface area (Å²) < 4.78 is 0. The third kappa shape index (κ3) is 1.83. The van der Waals surface area contributed by atoms with Crippen LogP contribution in [0.4, 0.5) is 0 Å². The van der Waals surface area contributed by atoms with Gasteiger partial charge in [-0.2, -0.15) is 0 Å². The summed E-state index contributed by atoms with van der Waals surface area (Å²) in [4.78, 5) is 16.2. The largest absolute Gasteiger partial charge is 0.294 e. The topological polar surface area (TPSA) is 30.0 Å². The van der Waals surface area contributed by atoms with Crippen molar-refractivity contribution in [3.05, 3.63) is 42.2 Å². The van der Waals surface area contributed by atoms with Crippen molar-refractivity contribution in [2.75, 3.05) is 0 Å². The first-order valence-corrected chi connectivity index (χ1v) is 5.61. The van der Waals surface area contributed by atoms with Crippen LogP contribution in [0.25, 0.3) is 10.8 Å². The predicted molar refractivity (Wildman–Crippen MR) is 65.5 cm³/mol. The fourth-order valence-electron chi connectivity index (χ4n) is 1.79. The lowest BCUT2D eigenvalue weighted by Crippen LogP contribution is -2.10. The van der Waals surface area contributed by atoms with Crippen LogP contribution in [-0.2, 0) is 0 Å². The van der Waals surface area contributed by atoms with Crippen molar-refractivity contribution < 1.29 is 4.79 Å². The van der Waals surface area contributed by atoms with Gasteiger partial charge in [-0.1, -0.05) is 32.0 Å². The number of ketones is 1. The zero-order valence-corrected chi connectivity index (χ0v) is 9.60. The van der Waals surface area contributed by atoms with Crippen LogP contribution in [-0.4, -0.2) is 10.8 Å². The maximum atomic E-state index is 12.2. The third-order valence-electron chi connectivity index (χ3n) is 3.01. The van der Waals surface area contributed by atoms with E-state index in [1.165, 1.54) is 0 Å². The first-order chi connectivity index (χ1) is 7.74.